The second kappa shape index (κ2) is 8.07. The second-order valence-electron chi connectivity index (χ2n) is 8.27. The van der Waals surface area contributed by atoms with Crippen LogP contribution in [0.1, 0.15) is 27.4 Å². The van der Waals surface area contributed by atoms with Gasteiger partial charge in [-0.25, -0.2) is 14.6 Å². The summed E-state index contributed by atoms with van der Waals surface area (Å²) < 4.78 is 1.91. The molecule has 0 aliphatic carbocycles. The van der Waals surface area contributed by atoms with Crippen LogP contribution >= 0.6 is 0 Å². The van der Waals surface area contributed by atoms with Gasteiger partial charge in [-0.2, -0.15) is 5.10 Å². The molecule has 0 unspecified atom stereocenters. The standard InChI is InChI=1S/C25H26N6O/c1-17-8-7-11-21(16-17)31-24-22(18(2)28-31)23(26-19(3)27-24)29-12-14-30(15-13-29)25(32)20-9-5-4-6-10-20/h4-11,16H,12-15H2,1-3H3. The van der Waals surface area contributed by atoms with Gasteiger partial charge in [-0.15, -0.1) is 0 Å². The number of aryl methyl sites for hydroxylation is 3. The summed E-state index contributed by atoms with van der Waals surface area (Å²) in [5.41, 5.74) is 4.62. The van der Waals surface area contributed by atoms with Crippen LogP contribution in [0.25, 0.3) is 16.7 Å². The van der Waals surface area contributed by atoms with Crippen LogP contribution in [0.15, 0.2) is 54.6 Å². The molecule has 5 rings (SSSR count). The number of rotatable bonds is 3. The number of fused-ring (bicyclic) bond motifs is 1. The number of hydrogen-bond acceptors (Lipinski definition) is 5. The Morgan fingerprint density at radius 1 is 0.875 bits per heavy atom. The van der Waals surface area contributed by atoms with Gasteiger partial charge in [0.05, 0.1) is 16.8 Å². The number of carbonyl (C=O) groups excluding carboxylic acids is 1. The van der Waals surface area contributed by atoms with Crippen molar-refractivity contribution in [2.24, 2.45) is 0 Å². The van der Waals surface area contributed by atoms with Crippen LogP contribution in [0.4, 0.5) is 5.82 Å². The molecule has 0 spiro atoms. The number of nitrogens with zero attached hydrogens (tertiary/aromatic N) is 6. The first-order chi connectivity index (χ1) is 15.5. The molecule has 7 nitrogen and oxygen atoms in total. The van der Waals surface area contributed by atoms with E-state index < -0.39 is 0 Å². The molecule has 1 saturated heterocycles. The molecule has 0 atom stereocenters. The monoisotopic (exact) mass is 426 g/mol. The number of amides is 1. The largest absolute Gasteiger partial charge is 0.352 e. The minimum atomic E-state index is 0.0812. The van der Waals surface area contributed by atoms with Crippen molar-refractivity contribution in [2.45, 2.75) is 20.8 Å². The molecule has 2 aromatic heterocycles. The molecule has 2 aromatic carbocycles. The second-order valence-corrected chi connectivity index (χ2v) is 8.27. The molecule has 1 fully saturated rings. The van der Waals surface area contributed by atoms with E-state index >= 15 is 0 Å². The quantitative estimate of drug-likeness (QED) is 0.500. The zero-order chi connectivity index (χ0) is 22.2. The molecule has 1 amide bonds. The summed E-state index contributed by atoms with van der Waals surface area (Å²) in [5, 5.41) is 5.78. The summed E-state index contributed by atoms with van der Waals surface area (Å²) in [6.07, 6.45) is 0. The van der Waals surface area contributed by atoms with Gasteiger partial charge < -0.3 is 9.80 Å². The third-order valence-corrected chi connectivity index (χ3v) is 5.93. The Balaban J connectivity index is 1.46. The maximum absolute atomic E-state index is 12.8. The fourth-order valence-corrected chi connectivity index (χ4v) is 4.32. The summed E-state index contributed by atoms with van der Waals surface area (Å²) in [4.78, 5) is 26.5. The van der Waals surface area contributed by atoms with E-state index in [0.717, 1.165) is 46.9 Å². The van der Waals surface area contributed by atoms with Crippen LogP contribution in [0, 0.1) is 20.8 Å². The van der Waals surface area contributed by atoms with Gasteiger partial charge in [0.1, 0.15) is 11.6 Å². The summed E-state index contributed by atoms with van der Waals surface area (Å²) >= 11 is 0. The number of piperazine rings is 1. The molecule has 7 heteroatoms. The van der Waals surface area contributed by atoms with E-state index in [2.05, 4.69) is 24.0 Å². The van der Waals surface area contributed by atoms with Gasteiger partial charge in [-0.3, -0.25) is 4.79 Å². The van der Waals surface area contributed by atoms with Crippen LogP contribution < -0.4 is 4.90 Å². The van der Waals surface area contributed by atoms with Gasteiger partial charge >= 0.3 is 0 Å². The lowest BCUT2D eigenvalue weighted by Gasteiger charge is -2.35. The minimum absolute atomic E-state index is 0.0812. The summed E-state index contributed by atoms with van der Waals surface area (Å²) in [5.74, 6) is 1.69. The first kappa shape index (κ1) is 20.2. The third-order valence-electron chi connectivity index (χ3n) is 5.93. The van der Waals surface area contributed by atoms with E-state index in [4.69, 9.17) is 15.1 Å². The van der Waals surface area contributed by atoms with Crippen molar-refractivity contribution in [2.75, 3.05) is 31.1 Å². The lowest BCUT2D eigenvalue weighted by molar-refractivity contribution is 0.0746. The van der Waals surface area contributed by atoms with Gasteiger partial charge in [-0.1, -0.05) is 30.3 Å². The SMILES string of the molecule is Cc1cccc(-n2nc(C)c3c(N4CCN(C(=O)c5ccccc5)CC4)nc(C)nc32)c1. The number of carbonyl (C=O) groups is 1. The van der Waals surface area contributed by atoms with Crippen LogP contribution in [-0.4, -0.2) is 56.7 Å². The predicted molar refractivity (Wildman–Crippen MR) is 125 cm³/mol. The Morgan fingerprint density at radius 3 is 2.34 bits per heavy atom. The van der Waals surface area contributed by atoms with Crippen LogP contribution in [0.5, 0.6) is 0 Å². The Labute approximate surface area is 187 Å². The van der Waals surface area contributed by atoms with E-state index in [9.17, 15) is 4.79 Å². The van der Waals surface area contributed by atoms with E-state index in [-0.39, 0.29) is 5.91 Å². The molecule has 32 heavy (non-hydrogen) atoms. The van der Waals surface area contributed by atoms with Crippen LogP contribution in [0.2, 0.25) is 0 Å². The van der Waals surface area contributed by atoms with Gasteiger partial charge in [0, 0.05) is 31.7 Å². The average Bonchev–Trinajstić information content (AvgIpc) is 3.15. The summed E-state index contributed by atoms with van der Waals surface area (Å²) in [6.45, 7) is 8.75. The van der Waals surface area contributed by atoms with Crippen molar-refractivity contribution in [1.82, 2.24) is 24.6 Å². The number of anilines is 1. The number of benzene rings is 2. The van der Waals surface area contributed by atoms with Crippen molar-refractivity contribution >= 4 is 22.8 Å². The predicted octanol–water partition coefficient (Wildman–Crippen LogP) is 3.70. The van der Waals surface area contributed by atoms with Crippen molar-refractivity contribution < 1.29 is 4.79 Å². The van der Waals surface area contributed by atoms with Gasteiger partial charge in [0.15, 0.2) is 5.65 Å². The lowest BCUT2D eigenvalue weighted by atomic mass is 10.1. The molecule has 0 radical (unpaired) electrons. The minimum Gasteiger partial charge on any atom is -0.352 e. The molecule has 0 bridgehead atoms. The molecular formula is C25H26N6O. The first-order valence-electron chi connectivity index (χ1n) is 10.9. The Morgan fingerprint density at radius 2 is 1.62 bits per heavy atom. The van der Waals surface area contributed by atoms with E-state index in [1.807, 2.05) is 65.9 Å². The topological polar surface area (TPSA) is 67.2 Å². The highest BCUT2D eigenvalue weighted by molar-refractivity contribution is 5.94. The average molecular weight is 427 g/mol. The summed E-state index contributed by atoms with van der Waals surface area (Å²) in [6, 6.07) is 17.7. The summed E-state index contributed by atoms with van der Waals surface area (Å²) in [7, 11) is 0. The molecule has 3 heterocycles. The van der Waals surface area contributed by atoms with E-state index in [1.165, 1.54) is 5.56 Å². The lowest BCUT2D eigenvalue weighted by Crippen LogP contribution is -2.49. The zero-order valence-electron chi connectivity index (χ0n) is 18.6. The maximum Gasteiger partial charge on any atom is 0.253 e. The Hall–Kier alpha value is -3.74. The molecule has 0 saturated carbocycles. The highest BCUT2D eigenvalue weighted by Gasteiger charge is 2.26. The molecule has 4 aromatic rings. The van der Waals surface area contributed by atoms with Crippen LogP contribution in [-0.2, 0) is 0 Å². The number of hydrogen-bond donors (Lipinski definition) is 0. The molecule has 1 aliphatic rings. The first-order valence-corrected chi connectivity index (χ1v) is 10.9. The van der Waals surface area contributed by atoms with Gasteiger partial charge in [0.25, 0.3) is 5.91 Å². The highest BCUT2D eigenvalue weighted by atomic mass is 16.2. The molecule has 0 N–H and O–H groups in total. The van der Waals surface area contributed by atoms with Crippen molar-refractivity contribution in [1.29, 1.82) is 0 Å². The highest BCUT2D eigenvalue weighted by Crippen LogP contribution is 2.29. The maximum atomic E-state index is 12.8. The van der Waals surface area contributed by atoms with Gasteiger partial charge in [0.2, 0.25) is 0 Å². The van der Waals surface area contributed by atoms with Crippen LogP contribution in [0.3, 0.4) is 0 Å². The fourth-order valence-electron chi connectivity index (χ4n) is 4.32. The Kier molecular flexibility index (Phi) is 5.09. The van der Waals surface area contributed by atoms with Crippen molar-refractivity contribution in [3.05, 3.63) is 77.2 Å². The number of aromatic nitrogens is 4. The van der Waals surface area contributed by atoms with E-state index in [0.29, 0.717) is 18.9 Å². The fraction of sp³-hybridized carbons (Fsp3) is 0.280. The van der Waals surface area contributed by atoms with E-state index in [1.54, 1.807) is 0 Å². The van der Waals surface area contributed by atoms with Gasteiger partial charge in [-0.05, 0) is 50.6 Å². The smallest absolute Gasteiger partial charge is 0.253 e. The molecule has 1 aliphatic heterocycles. The van der Waals surface area contributed by atoms with Crippen molar-refractivity contribution in [3.8, 4) is 5.69 Å². The zero-order valence-corrected chi connectivity index (χ0v) is 18.6. The molecule has 162 valence electrons. The third kappa shape index (κ3) is 3.60. The van der Waals surface area contributed by atoms with Crippen molar-refractivity contribution in [3.63, 3.8) is 0 Å². The molecular weight excluding hydrogens is 400 g/mol. The Bertz CT molecular complexity index is 1290. The normalized spacial score (nSPS) is 14.2.